The Balaban J connectivity index is 1.99. The molecule has 2 aliphatic rings. The molecule has 6 heteroatoms. The molecule has 4 rings (SSSR count). The molecule has 1 saturated carbocycles. The number of rotatable bonds is 1. The molecule has 1 aromatic carbocycles. The van der Waals surface area contributed by atoms with E-state index in [2.05, 4.69) is 17.2 Å². The van der Waals surface area contributed by atoms with Crippen molar-refractivity contribution < 1.29 is 9.50 Å². The Bertz CT molecular complexity index is 897. The molecular weight excluding hydrogens is 374 g/mol. The first-order chi connectivity index (χ1) is 12.1. The van der Waals surface area contributed by atoms with Crippen molar-refractivity contribution in [2.45, 2.75) is 56.6 Å². The van der Waals surface area contributed by atoms with Crippen molar-refractivity contribution in [3.05, 3.63) is 46.0 Å². The lowest BCUT2D eigenvalue weighted by molar-refractivity contribution is -0.0628. The lowest BCUT2D eigenvalue weighted by Crippen LogP contribution is -2.65. The Morgan fingerprint density at radius 1 is 1.12 bits per heavy atom. The number of benzene rings is 1. The van der Waals surface area contributed by atoms with Crippen LogP contribution in [0.5, 0.6) is 0 Å². The fraction of sp³-hybridized carbons (Fsp3) is 0.450. The van der Waals surface area contributed by atoms with Crippen LogP contribution >= 0.6 is 23.2 Å². The SMILES string of the molecule is CC1(C)Nc2cc(F)c(-c3c(Cl)cncc3Cl)cc2C2(C)CCCC12O. The van der Waals surface area contributed by atoms with Crippen LogP contribution in [0.2, 0.25) is 10.0 Å². The molecule has 0 spiro atoms. The fourth-order valence-electron chi connectivity index (χ4n) is 4.97. The Morgan fingerprint density at radius 2 is 1.77 bits per heavy atom. The van der Waals surface area contributed by atoms with Crippen molar-refractivity contribution in [3.63, 3.8) is 0 Å². The molecule has 0 saturated heterocycles. The quantitative estimate of drug-likeness (QED) is 0.664. The maximum absolute atomic E-state index is 15.0. The molecule has 2 atom stereocenters. The van der Waals surface area contributed by atoms with Crippen molar-refractivity contribution in [3.8, 4) is 11.1 Å². The Kier molecular flexibility index (Phi) is 3.86. The summed E-state index contributed by atoms with van der Waals surface area (Å²) in [6.07, 6.45) is 5.37. The number of halogens is 3. The molecule has 2 N–H and O–H groups in total. The van der Waals surface area contributed by atoms with Crippen LogP contribution in [0.25, 0.3) is 11.1 Å². The maximum atomic E-state index is 15.0. The summed E-state index contributed by atoms with van der Waals surface area (Å²) in [7, 11) is 0. The second-order valence-corrected chi connectivity index (χ2v) is 8.97. The zero-order valence-corrected chi connectivity index (χ0v) is 16.5. The lowest BCUT2D eigenvalue weighted by atomic mass is 9.60. The zero-order valence-electron chi connectivity index (χ0n) is 15.0. The van der Waals surface area contributed by atoms with Gasteiger partial charge < -0.3 is 10.4 Å². The number of hydrogen-bond acceptors (Lipinski definition) is 3. The molecule has 1 aliphatic heterocycles. The number of nitrogens with one attached hydrogen (secondary N) is 1. The third-order valence-electron chi connectivity index (χ3n) is 6.43. The predicted molar refractivity (Wildman–Crippen MR) is 104 cm³/mol. The van der Waals surface area contributed by atoms with Gasteiger partial charge in [-0.1, -0.05) is 30.1 Å². The van der Waals surface area contributed by atoms with E-state index in [1.54, 1.807) is 6.07 Å². The summed E-state index contributed by atoms with van der Waals surface area (Å²) in [4.78, 5) is 3.95. The van der Waals surface area contributed by atoms with Gasteiger partial charge in [0.1, 0.15) is 5.82 Å². The highest BCUT2D eigenvalue weighted by Crippen LogP contribution is 2.59. The summed E-state index contributed by atoms with van der Waals surface area (Å²) < 4.78 is 15.0. The van der Waals surface area contributed by atoms with Crippen molar-refractivity contribution >= 4 is 28.9 Å². The van der Waals surface area contributed by atoms with Gasteiger partial charge in [0.25, 0.3) is 0 Å². The molecule has 3 nitrogen and oxygen atoms in total. The molecular formula is C20H21Cl2FN2O. The first-order valence-corrected chi connectivity index (χ1v) is 9.50. The van der Waals surface area contributed by atoms with Crippen LogP contribution in [0.15, 0.2) is 24.5 Å². The van der Waals surface area contributed by atoms with E-state index in [0.29, 0.717) is 33.3 Å². The number of aromatic nitrogens is 1. The summed E-state index contributed by atoms with van der Waals surface area (Å²) >= 11 is 12.5. The van der Waals surface area contributed by atoms with E-state index in [9.17, 15) is 9.50 Å². The average Bonchev–Trinajstić information content (AvgIpc) is 2.86. The Labute approximate surface area is 162 Å². The minimum Gasteiger partial charge on any atom is -0.387 e. The van der Waals surface area contributed by atoms with E-state index in [1.807, 2.05) is 13.8 Å². The van der Waals surface area contributed by atoms with Crippen LogP contribution in [0.4, 0.5) is 10.1 Å². The first kappa shape index (κ1) is 18.0. The van der Waals surface area contributed by atoms with Crippen molar-refractivity contribution in [2.75, 3.05) is 5.32 Å². The van der Waals surface area contributed by atoms with E-state index >= 15 is 0 Å². The van der Waals surface area contributed by atoms with E-state index in [1.165, 1.54) is 18.5 Å². The maximum Gasteiger partial charge on any atom is 0.133 e. The second kappa shape index (κ2) is 5.57. The summed E-state index contributed by atoms with van der Waals surface area (Å²) in [5.41, 5.74) is 0.408. The van der Waals surface area contributed by atoms with Crippen LogP contribution in [-0.2, 0) is 5.41 Å². The van der Waals surface area contributed by atoms with E-state index < -0.39 is 22.4 Å². The first-order valence-electron chi connectivity index (χ1n) is 8.75. The number of nitrogens with zero attached hydrogens (tertiary/aromatic N) is 1. The minimum absolute atomic E-state index is 0.298. The molecule has 0 radical (unpaired) electrons. The molecule has 1 aromatic heterocycles. The van der Waals surface area contributed by atoms with Gasteiger partial charge >= 0.3 is 0 Å². The van der Waals surface area contributed by atoms with Gasteiger partial charge in [-0.15, -0.1) is 0 Å². The largest absolute Gasteiger partial charge is 0.387 e. The number of pyridine rings is 1. The molecule has 2 heterocycles. The number of fused-ring (bicyclic) bond motifs is 3. The Morgan fingerprint density at radius 3 is 2.42 bits per heavy atom. The van der Waals surface area contributed by atoms with E-state index in [4.69, 9.17) is 23.2 Å². The smallest absolute Gasteiger partial charge is 0.133 e. The summed E-state index contributed by atoms with van der Waals surface area (Å²) in [6, 6.07) is 3.28. The van der Waals surface area contributed by atoms with Crippen LogP contribution < -0.4 is 5.32 Å². The lowest BCUT2D eigenvalue weighted by Gasteiger charge is -2.55. The molecule has 1 fully saturated rings. The van der Waals surface area contributed by atoms with Crippen LogP contribution in [-0.4, -0.2) is 21.2 Å². The van der Waals surface area contributed by atoms with Gasteiger partial charge in [0.15, 0.2) is 0 Å². The van der Waals surface area contributed by atoms with Crippen molar-refractivity contribution in [1.82, 2.24) is 4.98 Å². The molecule has 2 aromatic rings. The Hall–Kier alpha value is -1.36. The zero-order chi connectivity index (χ0) is 18.9. The third-order valence-corrected chi connectivity index (χ3v) is 7.01. The topological polar surface area (TPSA) is 45.2 Å². The summed E-state index contributed by atoms with van der Waals surface area (Å²) in [6.45, 7) is 6.02. The molecule has 0 amide bonds. The van der Waals surface area contributed by atoms with Crippen molar-refractivity contribution in [2.24, 2.45) is 0 Å². The normalized spacial score (nSPS) is 29.0. The van der Waals surface area contributed by atoms with Gasteiger partial charge in [0.05, 0.1) is 21.2 Å². The minimum atomic E-state index is -0.923. The molecule has 0 bridgehead atoms. The second-order valence-electron chi connectivity index (χ2n) is 8.15. The summed E-state index contributed by atoms with van der Waals surface area (Å²) in [5, 5.41) is 15.5. The standard InChI is InChI=1S/C20H21Cl2FN2O/c1-18(2)20(26)6-4-5-19(20,3)12-7-11(15(23)8-16(12)25-18)17-13(21)9-24-10-14(17)22/h7-10,25-26H,4-6H2,1-3H3. The molecule has 2 unspecified atom stereocenters. The average molecular weight is 395 g/mol. The molecule has 1 aliphatic carbocycles. The van der Waals surface area contributed by atoms with Gasteiger partial charge in [0, 0.05) is 34.6 Å². The van der Waals surface area contributed by atoms with Crippen LogP contribution in [0.3, 0.4) is 0 Å². The number of aliphatic hydroxyl groups is 1. The van der Waals surface area contributed by atoms with Crippen LogP contribution in [0, 0.1) is 5.82 Å². The summed E-state index contributed by atoms with van der Waals surface area (Å²) in [5.74, 6) is -0.408. The monoisotopic (exact) mass is 394 g/mol. The van der Waals surface area contributed by atoms with Gasteiger partial charge in [-0.3, -0.25) is 4.98 Å². The number of anilines is 1. The molecule has 26 heavy (non-hydrogen) atoms. The van der Waals surface area contributed by atoms with Gasteiger partial charge in [-0.25, -0.2) is 4.39 Å². The highest BCUT2D eigenvalue weighted by molar-refractivity contribution is 6.39. The van der Waals surface area contributed by atoms with E-state index in [0.717, 1.165) is 18.4 Å². The number of hydrogen-bond donors (Lipinski definition) is 2. The van der Waals surface area contributed by atoms with Gasteiger partial charge in [-0.2, -0.15) is 0 Å². The van der Waals surface area contributed by atoms with Crippen molar-refractivity contribution in [1.29, 1.82) is 0 Å². The van der Waals surface area contributed by atoms with Gasteiger partial charge in [0.2, 0.25) is 0 Å². The third kappa shape index (κ3) is 2.19. The van der Waals surface area contributed by atoms with E-state index in [-0.39, 0.29) is 0 Å². The predicted octanol–water partition coefficient (Wildman–Crippen LogP) is 5.57. The van der Waals surface area contributed by atoms with Gasteiger partial charge in [-0.05, 0) is 50.8 Å². The highest BCUT2D eigenvalue weighted by atomic mass is 35.5. The fourth-order valence-corrected chi connectivity index (χ4v) is 5.54. The van der Waals surface area contributed by atoms with Crippen LogP contribution in [0.1, 0.15) is 45.6 Å². The highest BCUT2D eigenvalue weighted by Gasteiger charge is 2.62. The molecule has 138 valence electrons.